The molecule has 0 aliphatic rings. The summed E-state index contributed by atoms with van der Waals surface area (Å²) in [6.45, 7) is 0.498. The Morgan fingerprint density at radius 3 is 2.25 bits per heavy atom. The van der Waals surface area contributed by atoms with Gasteiger partial charge in [-0.1, -0.05) is 28.1 Å². The molecule has 0 aliphatic carbocycles. The summed E-state index contributed by atoms with van der Waals surface area (Å²) in [4.78, 5) is 26.2. The summed E-state index contributed by atoms with van der Waals surface area (Å²) in [7, 11) is 0. The zero-order valence-corrected chi connectivity index (χ0v) is 18.5. The molecule has 0 unspecified atom stereocenters. The molecule has 3 rings (SSSR count). The second kappa shape index (κ2) is 11.2. The number of carbonyl (C=O) groups excluding carboxylic acids is 2. The predicted octanol–water partition coefficient (Wildman–Crippen LogP) is 5.98. The second-order valence-electron chi connectivity index (χ2n) is 6.78. The van der Waals surface area contributed by atoms with Crippen LogP contribution in [-0.4, -0.2) is 25.2 Å². The Morgan fingerprint density at radius 2 is 1.56 bits per heavy atom. The standard InChI is InChI=1S/C23H21BrF2N4O2/c24-16-6-10-18(11-7-16)28-22(31)27-14-3-15-30(19-12-8-17(25)9-13-19)23(32)29-21-5-2-1-4-20(21)26/h1-2,4-13H,3,14-15H2,(H,29,32)(H2,27,28,31). The number of para-hydroxylation sites is 1. The highest BCUT2D eigenvalue weighted by Crippen LogP contribution is 2.19. The van der Waals surface area contributed by atoms with E-state index in [9.17, 15) is 18.4 Å². The lowest BCUT2D eigenvalue weighted by Crippen LogP contribution is -2.38. The molecule has 166 valence electrons. The molecule has 4 amide bonds. The average molecular weight is 503 g/mol. The van der Waals surface area contributed by atoms with Gasteiger partial charge in [0.05, 0.1) is 5.69 Å². The molecule has 0 atom stereocenters. The van der Waals surface area contributed by atoms with Crippen molar-refractivity contribution in [1.82, 2.24) is 5.32 Å². The van der Waals surface area contributed by atoms with Gasteiger partial charge >= 0.3 is 12.1 Å². The molecule has 9 heteroatoms. The van der Waals surface area contributed by atoms with E-state index in [0.717, 1.165) is 4.47 Å². The van der Waals surface area contributed by atoms with Crippen molar-refractivity contribution in [1.29, 1.82) is 0 Å². The molecule has 32 heavy (non-hydrogen) atoms. The number of anilines is 3. The lowest BCUT2D eigenvalue weighted by Gasteiger charge is -2.23. The summed E-state index contributed by atoms with van der Waals surface area (Å²) in [5.41, 5.74) is 1.12. The summed E-state index contributed by atoms with van der Waals surface area (Å²) in [6.07, 6.45) is 0.413. The zero-order valence-electron chi connectivity index (χ0n) is 16.9. The van der Waals surface area contributed by atoms with E-state index < -0.39 is 17.7 Å². The average Bonchev–Trinajstić information content (AvgIpc) is 2.78. The summed E-state index contributed by atoms with van der Waals surface area (Å²) in [6, 6.07) is 17.4. The van der Waals surface area contributed by atoms with Gasteiger partial charge in [0.1, 0.15) is 11.6 Å². The van der Waals surface area contributed by atoms with E-state index >= 15 is 0 Å². The van der Waals surface area contributed by atoms with Crippen LogP contribution < -0.4 is 20.9 Å². The minimum Gasteiger partial charge on any atom is -0.338 e. The zero-order chi connectivity index (χ0) is 22.9. The second-order valence-corrected chi connectivity index (χ2v) is 7.70. The van der Waals surface area contributed by atoms with Crippen molar-refractivity contribution in [3.63, 3.8) is 0 Å². The topological polar surface area (TPSA) is 73.5 Å². The molecule has 0 aromatic heterocycles. The lowest BCUT2D eigenvalue weighted by molar-refractivity contribution is 0.252. The fourth-order valence-corrected chi connectivity index (χ4v) is 3.13. The Morgan fingerprint density at radius 1 is 0.875 bits per heavy atom. The molecule has 3 aromatic carbocycles. The molecule has 0 saturated carbocycles. The first-order valence-corrected chi connectivity index (χ1v) is 10.6. The van der Waals surface area contributed by atoms with Gasteiger partial charge in [-0.05, 0) is 67.1 Å². The molecular weight excluding hydrogens is 482 g/mol. The van der Waals surface area contributed by atoms with E-state index in [1.165, 1.54) is 47.4 Å². The van der Waals surface area contributed by atoms with Crippen molar-refractivity contribution >= 4 is 45.1 Å². The summed E-state index contributed by atoms with van der Waals surface area (Å²) >= 11 is 3.33. The van der Waals surface area contributed by atoms with Crippen LogP contribution in [0.2, 0.25) is 0 Å². The monoisotopic (exact) mass is 502 g/mol. The number of benzene rings is 3. The number of halogens is 3. The number of nitrogens with zero attached hydrogens (tertiary/aromatic N) is 1. The molecule has 0 fully saturated rings. The number of rotatable bonds is 7. The van der Waals surface area contributed by atoms with Crippen LogP contribution in [0.5, 0.6) is 0 Å². The van der Waals surface area contributed by atoms with Gasteiger partial charge in [-0.3, -0.25) is 4.90 Å². The van der Waals surface area contributed by atoms with Crippen LogP contribution in [0.25, 0.3) is 0 Å². The summed E-state index contributed by atoms with van der Waals surface area (Å²) in [5, 5.41) is 7.95. The third kappa shape index (κ3) is 6.78. The largest absolute Gasteiger partial charge is 0.338 e. The smallest absolute Gasteiger partial charge is 0.326 e. The van der Waals surface area contributed by atoms with Gasteiger partial charge in [0.25, 0.3) is 0 Å². The van der Waals surface area contributed by atoms with Crippen molar-refractivity contribution in [2.45, 2.75) is 6.42 Å². The molecule has 0 radical (unpaired) electrons. The van der Waals surface area contributed by atoms with Crippen molar-refractivity contribution in [3.8, 4) is 0 Å². The van der Waals surface area contributed by atoms with E-state index in [4.69, 9.17) is 0 Å². The van der Waals surface area contributed by atoms with Crippen molar-refractivity contribution in [2.75, 3.05) is 28.6 Å². The van der Waals surface area contributed by atoms with Crippen LogP contribution in [0.1, 0.15) is 6.42 Å². The fraction of sp³-hybridized carbons (Fsp3) is 0.130. The first-order valence-electron chi connectivity index (χ1n) is 9.81. The minimum atomic E-state index is -0.568. The molecule has 0 heterocycles. The van der Waals surface area contributed by atoms with Crippen LogP contribution in [0.3, 0.4) is 0 Å². The lowest BCUT2D eigenvalue weighted by atomic mass is 10.2. The van der Waals surface area contributed by atoms with Gasteiger partial charge in [0.15, 0.2) is 0 Å². The summed E-state index contributed by atoms with van der Waals surface area (Å²) in [5.74, 6) is -0.999. The quantitative estimate of drug-likeness (QED) is 0.347. The van der Waals surface area contributed by atoms with Crippen LogP contribution >= 0.6 is 15.9 Å². The molecule has 0 bridgehead atoms. The van der Waals surface area contributed by atoms with Gasteiger partial charge < -0.3 is 16.0 Å². The number of hydrogen-bond donors (Lipinski definition) is 3. The van der Waals surface area contributed by atoms with Gasteiger partial charge in [0, 0.05) is 28.9 Å². The first-order chi connectivity index (χ1) is 15.4. The number of amides is 4. The molecule has 6 nitrogen and oxygen atoms in total. The Labute approximate surface area is 192 Å². The van der Waals surface area contributed by atoms with Gasteiger partial charge in [-0.25, -0.2) is 18.4 Å². The summed E-state index contributed by atoms with van der Waals surface area (Å²) < 4.78 is 28.1. The maximum absolute atomic E-state index is 13.9. The van der Waals surface area contributed by atoms with E-state index in [2.05, 4.69) is 31.9 Å². The van der Waals surface area contributed by atoms with E-state index in [-0.39, 0.29) is 24.8 Å². The number of carbonyl (C=O) groups is 2. The van der Waals surface area contributed by atoms with Crippen molar-refractivity contribution in [3.05, 3.63) is 88.9 Å². The van der Waals surface area contributed by atoms with Crippen LogP contribution in [0.4, 0.5) is 35.4 Å². The Hall–Kier alpha value is -3.46. The fourth-order valence-electron chi connectivity index (χ4n) is 2.86. The normalized spacial score (nSPS) is 10.3. The van der Waals surface area contributed by atoms with Gasteiger partial charge in [-0.15, -0.1) is 0 Å². The van der Waals surface area contributed by atoms with Crippen LogP contribution in [0, 0.1) is 11.6 Å². The maximum atomic E-state index is 13.9. The van der Waals surface area contributed by atoms with Crippen LogP contribution in [0.15, 0.2) is 77.3 Å². The third-order valence-corrected chi connectivity index (χ3v) is 4.97. The SMILES string of the molecule is O=C(NCCCN(C(=O)Nc1ccccc1F)c1ccc(F)cc1)Nc1ccc(Br)cc1. The minimum absolute atomic E-state index is 0.0385. The van der Waals surface area contributed by atoms with Gasteiger partial charge in [-0.2, -0.15) is 0 Å². The number of urea groups is 2. The number of hydrogen-bond acceptors (Lipinski definition) is 2. The predicted molar refractivity (Wildman–Crippen MR) is 125 cm³/mol. The first kappa shape index (κ1) is 23.2. The third-order valence-electron chi connectivity index (χ3n) is 4.45. The molecule has 0 aliphatic heterocycles. The van der Waals surface area contributed by atoms with Crippen LogP contribution in [-0.2, 0) is 0 Å². The van der Waals surface area contributed by atoms with E-state index in [1.807, 2.05) is 12.1 Å². The Bertz CT molecular complexity index is 1060. The highest BCUT2D eigenvalue weighted by atomic mass is 79.9. The van der Waals surface area contributed by atoms with Crippen molar-refractivity contribution in [2.24, 2.45) is 0 Å². The van der Waals surface area contributed by atoms with E-state index in [1.54, 1.807) is 18.2 Å². The van der Waals surface area contributed by atoms with E-state index in [0.29, 0.717) is 17.8 Å². The molecule has 0 spiro atoms. The Kier molecular flexibility index (Phi) is 8.15. The molecule has 3 N–H and O–H groups in total. The number of nitrogens with one attached hydrogen (secondary N) is 3. The maximum Gasteiger partial charge on any atom is 0.326 e. The Balaban J connectivity index is 1.58. The van der Waals surface area contributed by atoms with Crippen molar-refractivity contribution < 1.29 is 18.4 Å². The van der Waals surface area contributed by atoms with Gasteiger partial charge in [0.2, 0.25) is 0 Å². The molecule has 0 saturated heterocycles. The molecule has 3 aromatic rings. The highest BCUT2D eigenvalue weighted by Gasteiger charge is 2.17. The molecular formula is C23H21BrF2N4O2. The highest BCUT2D eigenvalue weighted by molar-refractivity contribution is 9.10.